The van der Waals surface area contributed by atoms with Gasteiger partial charge in [0.05, 0.1) is 0 Å². The molecule has 0 radical (unpaired) electrons. The molecular weight excluding hydrogens is 448 g/mol. The third-order valence-electron chi connectivity index (χ3n) is 5.55. The number of hydrogen-bond donors (Lipinski definition) is 2. The first-order chi connectivity index (χ1) is 16.4. The Balaban J connectivity index is 1.40. The summed E-state index contributed by atoms with van der Waals surface area (Å²) in [4.78, 5) is 23.7. The summed E-state index contributed by atoms with van der Waals surface area (Å²) in [6, 6.07) is 6.69. The maximum absolute atomic E-state index is 13.5. The van der Waals surface area contributed by atoms with Crippen LogP contribution >= 0.6 is 0 Å². The molecule has 0 atom stereocenters. The van der Waals surface area contributed by atoms with Crippen LogP contribution in [0.4, 0.5) is 17.6 Å². The SMILES string of the molecule is O=C(NCCCCCCCCCCCCNC(=O)c1c(F)cccc1F)c1c(F)cccc1F. The van der Waals surface area contributed by atoms with Crippen molar-refractivity contribution in [3.63, 3.8) is 0 Å². The molecule has 8 heteroatoms. The van der Waals surface area contributed by atoms with Gasteiger partial charge < -0.3 is 10.6 Å². The predicted octanol–water partition coefficient (Wildman–Crippen LogP) is 6.30. The largest absolute Gasteiger partial charge is 0.352 e. The van der Waals surface area contributed by atoms with E-state index in [2.05, 4.69) is 10.6 Å². The number of halogens is 4. The summed E-state index contributed by atoms with van der Waals surface area (Å²) in [5.41, 5.74) is -1.08. The van der Waals surface area contributed by atoms with Gasteiger partial charge in [-0.15, -0.1) is 0 Å². The van der Waals surface area contributed by atoms with Gasteiger partial charge in [-0.2, -0.15) is 0 Å². The average molecular weight is 481 g/mol. The van der Waals surface area contributed by atoms with Gasteiger partial charge in [0.25, 0.3) is 11.8 Å². The zero-order valence-corrected chi connectivity index (χ0v) is 19.3. The van der Waals surface area contributed by atoms with Crippen LogP contribution in [0.25, 0.3) is 0 Å². The Morgan fingerprint density at radius 1 is 0.500 bits per heavy atom. The number of hydrogen-bond acceptors (Lipinski definition) is 2. The minimum Gasteiger partial charge on any atom is -0.352 e. The average Bonchev–Trinajstić information content (AvgIpc) is 2.79. The van der Waals surface area contributed by atoms with Gasteiger partial charge in [0.1, 0.15) is 34.4 Å². The predicted molar refractivity (Wildman–Crippen MR) is 124 cm³/mol. The normalized spacial score (nSPS) is 10.8. The van der Waals surface area contributed by atoms with Crippen LogP contribution < -0.4 is 10.6 Å². The maximum atomic E-state index is 13.5. The highest BCUT2D eigenvalue weighted by atomic mass is 19.1. The number of amides is 2. The van der Waals surface area contributed by atoms with E-state index in [9.17, 15) is 27.2 Å². The lowest BCUT2D eigenvalue weighted by atomic mass is 10.1. The highest BCUT2D eigenvalue weighted by Gasteiger charge is 2.17. The third kappa shape index (κ3) is 9.15. The lowest BCUT2D eigenvalue weighted by molar-refractivity contribution is 0.0935. The molecule has 0 heterocycles. The van der Waals surface area contributed by atoms with Crippen LogP contribution in [0.5, 0.6) is 0 Å². The Morgan fingerprint density at radius 3 is 1.06 bits per heavy atom. The number of nitrogens with one attached hydrogen (secondary N) is 2. The molecule has 2 aromatic rings. The Morgan fingerprint density at radius 2 is 0.765 bits per heavy atom. The van der Waals surface area contributed by atoms with Crippen molar-refractivity contribution in [2.75, 3.05) is 13.1 Å². The Bertz CT molecular complexity index is 821. The number of carbonyl (C=O) groups excluding carboxylic acids is 2. The van der Waals surface area contributed by atoms with E-state index in [1.165, 1.54) is 12.1 Å². The van der Waals surface area contributed by atoms with Crippen molar-refractivity contribution in [3.05, 3.63) is 70.8 Å². The summed E-state index contributed by atoms with van der Waals surface area (Å²) in [7, 11) is 0. The quantitative estimate of drug-likeness (QED) is 0.232. The van der Waals surface area contributed by atoms with Crippen molar-refractivity contribution in [2.45, 2.75) is 64.2 Å². The van der Waals surface area contributed by atoms with Crippen LogP contribution in [0.1, 0.15) is 84.9 Å². The first-order valence-electron chi connectivity index (χ1n) is 11.9. The molecule has 0 saturated heterocycles. The van der Waals surface area contributed by atoms with Crippen LogP contribution in [0.2, 0.25) is 0 Å². The van der Waals surface area contributed by atoms with Gasteiger partial charge in [0.2, 0.25) is 0 Å². The third-order valence-corrected chi connectivity index (χ3v) is 5.55. The van der Waals surface area contributed by atoms with E-state index >= 15 is 0 Å². The van der Waals surface area contributed by atoms with E-state index in [0.717, 1.165) is 88.5 Å². The van der Waals surface area contributed by atoms with Gasteiger partial charge in [0, 0.05) is 13.1 Å². The molecule has 0 aliphatic rings. The van der Waals surface area contributed by atoms with E-state index < -0.39 is 46.2 Å². The van der Waals surface area contributed by atoms with Gasteiger partial charge in [0.15, 0.2) is 0 Å². The topological polar surface area (TPSA) is 58.2 Å². The number of benzene rings is 2. The molecule has 4 nitrogen and oxygen atoms in total. The van der Waals surface area contributed by atoms with Crippen molar-refractivity contribution in [1.82, 2.24) is 10.6 Å². The van der Waals surface area contributed by atoms with E-state index in [-0.39, 0.29) is 0 Å². The van der Waals surface area contributed by atoms with Gasteiger partial charge in [-0.25, -0.2) is 17.6 Å². The van der Waals surface area contributed by atoms with Crippen molar-refractivity contribution in [1.29, 1.82) is 0 Å². The molecule has 0 bridgehead atoms. The van der Waals surface area contributed by atoms with Crippen LogP contribution in [-0.4, -0.2) is 24.9 Å². The summed E-state index contributed by atoms with van der Waals surface area (Å²) in [5, 5.41) is 5.11. The molecule has 34 heavy (non-hydrogen) atoms. The second-order valence-electron chi connectivity index (χ2n) is 8.24. The molecule has 0 unspecified atom stereocenters. The lowest BCUT2D eigenvalue weighted by Gasteiger charge is -2.07. The van der Waals surface area contributed by atoms with Gasteiger partial charge in [-0.3, -0.25) is 9.59 Å². The van der Waals surface area contributed by atoms with Gasteiger partial charge in [-0.05, 0) is 37.1 Å². The Hall–Kier alpha value is -2.90. The van der Waals surface area contributed by atoms with Crippen LogP contribution in [-0.2, 0) is 0 Å². The molecule has 0 saturated carbocycles. The molecule has 2 aromatic carbocycles. The fourth-order valence-corrected chi connectivity index (χ4v) is 3.67. The highest BCUT2D eigenvalue weighted by molar-refractivity contribution is 5.95. The fourth-order valence-electron chi connectivity index (χ4n) is 3.67. The minimum atomic E-state index is -0.861. The highest BCUT2D eigenvalue weighted by Crippen LogP contribution is 2.14. The lowest BCUT2D eigenvalue weighted by Crippen LogP contribution is -2.26. The van der Waals surface area contributed by atoms with Crippen molar-refractivity contribution < 1.29 is 27.2 Å². The second-order valence-corrected chi connectivity index (χ2v) is 8.24. The number of rotatable bonds is 15. The number of carbonyl (C=O) groups is 2. The monoisotopic (exact) mass is 480 g/mol. The molecule has 2 rings (SSSR count). The van der Waals surface area contributed by atoms with Crippen molar-refractivity contribution >= 4 is 11.8 Å². The fraction of sp³-hybridized carbons (Fsp3) is 0.462. The molecular formula is C26H32F4N2O2. The Kier molecular flexibility index (Phi) is 12.1. The van der Waals surface area contributed by atoms with Crippen molar-refractivity contribution in [2.24, 2.45) is 0 Å². The summed E-state index contributed by atoms with van der Waals surface area (Å²) >= 11 is 0. The summed E-state index contributed by atoms with van der Waals surface area (Å²) in [5.74, 6) is -4.90. The van der Waals surface area contributed by atoms with Crippen LogP contribution in [0.3, 0.4) is 0 Å². The first-order valence-corrected chi connectivity index (χ1v) is 11.9. The molecule has 2 N–H and O–H groups in total. The van der Waals surface area contributed by atoms with Gasteiger partial charge in [-0.1, -0.05) is 63.5 Å². The summed E-state index contributed by atoms with van der Waals surface area (Å²) < 4.78 is 54.2. The molecule has 0 fully saturated rings. The van der Waals surface area contributed by atoms with Crippen molar-refractivity contribution in [3.8, 4) is 0 Å². The standard InChI is InChI=1S/C26H32F4N2O2/c27-19-13-11-14-20(28)23(19)25(33)31-17-9-7-5-3-1-2-4-6-8-10-18-32-26(34)24-21(29)15-12-16-22(24)30/h11-16H,1-10,17-18H2,(H,31,33)(H,32,34). The maximum Gasteiger partial charge on any atom is 0.257 e. The molecule has 0 aliphatic carbocycles. The van der Waals surface area contributed by atoms with Gasteiger partial charge >= 0.3 is 0 Å². The zero-order valence-electron chi connectivity index (χ0n) is 19.3. The number of unbranched alkanes of at least 4 members (excludes halogenated alkanes) is 9. The smallest absolute Gasteiger partial charge is 0.257 e. The van der Waals surface area contributed by atoms with E-state index in [1.807, 2.05) is 0 Å². The zero-order chi connectivity index (χ0) is 24.8. The van der Waals surface area contributed by atoms with Crippen LogP contribution in [0.15, 0.2) is 36.4 Å². The molecule has 2 amide bonds. The minimum absolute atomic E-state index is 0.382. The molecule has 0 aliphatic heterocycles. The summed E-state index contributed by atoms with van der Waals surface area (Å²) in [6.07, 6.45) is 9.82. The van der Waals surface area contributed by atoms with E-state index in [1.54, 1.807) is 0 Å². The Labute approximate surface area is 198 Å². The molecule has 186 valence electrons. The van der Waals surface area contributed by atoms with E-state index in [0.29, 0.717) is 13.1 Å². The van der Waals surface area contributed by atoms with E-state index in [4.69, 9.17) is 0 Å². The second kappa shape index (κ2) is 15.1. The molecule has 0 spiro atoms. The van der Waals surface area contributed by atoms with Crippen LogP contribution in [0, 0.1) is 23.3 Å². The summed E-state index contributed by atoms with van der Waals surface area (Å²) in [6.45, 7) is 0.763. The first kappa shape index (κ1) is 27.3. The molecule has 0 aromatic heterocycles.